The van der Waals surface area contributed by atoms with Crippen LogP contribution < -0.4 is 15.4 Å². The van der Waals surface area contributed by atoms with Gasteiger partial charge in [-0.25, -0.2) is 19.6 Å². The summed E-state index contributed by atoms with van der Waals surface area (Å²) in [7, 11) is 4.05. The Morgan fingerprint density at radius 2 is 1.61 bits per heavy atom. The molecule has 3 aromatic carbocycles. The maximum atomic E-state index is 13.9. The molecule has 3 aliphatic heterocycles. The van der Waals surface area contributed by atoms with Crippen molar-refractivity contribution in [1.29, 1.82) is 0 Å². The van der Waals surface area contributed by atoms with E-state index in [1.165, 1.54) is 21.3 Å². The van der Waals surface area contributed by atoms with Crippen LogP contribution in [0.2, 0.25) is 0 Å². The molecule has 322 valence electrons. The van der Waals surface area contributed by atoms with Gasteiger partial charge in [-0.3, -0.25) is 9.59 Å². The third kappa shape index (κ3) is 7.73. The smallest absolute Gasteiger partial charge is 0.407 e. The lowest BCUT2D eigenvalue weighted by Gasteiger charge is -2.33. The van der Waals surface area contributed by atoms with Crippen molar-refractivity contribution in [2.24, 2.45) is 11.8 Å². The standard InChI is InChI=1S/C45H54N8O8/c1-22(2)37(50-44(56)59-7)42(54)52-20-23(3)15-35(52)41-47-32-13-11-26-17-31-29-12-10-27(16-28(29)21-61-36(31)18-30(26)39(32)49-41)33-19-46-40(48-33)34-14-9-24(4)53(34)43(55)38(25(5)58-6)51-45(57)60-8/h10-13,16-19,22-25,34-35,37-38H,9,14-15,20-21H2,1-8H3,(H,46,48)(H,47,49)(H,50,56)(H,51,57). The Bertz CT molecular complexity index is 2500. The van der Waals surface area contributed by atoms with Crippen LogP contribution in [0.1, 0.15) is 83.2 Å². The predicted molar refractivity (Wildman–Crippen MR) is 227 cm³/mol. The highest BCUT2D eigenvalue weighted by Crippen LogP contribution is 2.44. The Morgan fingerprint density at radius 3 is 2.33 bits per heavy atom. The highest BCUT2D eigenvalue weighted by molar-refractivity contribution is 6.07. The van der Waals surface area contributed by atoms with Crippen LogP contribution in [0.4, 0.5) is 9.59 Å². The molecule has 8 rings (SSSR count). The fourth-order valence-electron chi connectivity index (χ4n) is 9.20. The van der Waals surface area contributed by atoms with Crippen LogP contribution in [0.5, 0.6) is 5.75 Å². The first-order chi connectivity index (χ1) is 29.3. The lowest BCUT2D eigenvalue weighted by Crippen LogP contribution is -2.55. The molecule has 0 bridgehead atoms. The van der Waals surface area contributed by atoms with Crippen LogP contribution in [0.3, 0.4) is 0 Å². The topological polar surface area (TPSA) is 193 Å². The van der Waals surface area contributed by atoms with Gasteiger partial charge in [0, 0.05) is 30.6 Å². The summed E-state index contributed by atoms with van der Waals surface area (Å²) in [6, 6.07) is 12.3. The summed E-state index contributed by atoms with van der Waals surface area (Å²) < 4.78 is 21.5. The summed E-state index contributed by atoms with van der Waals surface area (Å²) >= 11 is 0. The highest BCUT2D eigenvalue weighted by Gasteiger charge is 2.43. The Balaban J connectivity index is 1.04. The quantitative estimate of drug-likeness (QED) is 0.117. The number of rotatable bonds is 10. The van der Waals surface area contributed by atoms with Crippen molar-refractivity contribution in [3.63, 3.8) is 0 Å². The normalized spacial score (nSPS) is 21.1. The molecule has 4 amide bonds. The average Bonchev–Trinajstić information content (AvgIpc) is 4.08. The van der Waals surface area contributed by atoms with E-state index in [1.54, 1.807) is 18.0 Å². The fraction of sp³-hybridized carbons (Fsp3) is 0.467. The number of nitrogens with zero attached hydrogens (tertiary/aromatic N) is 4. The van der Waals surface area contributed by atoms with Gasteiger partial charge in [0.1, 0.15) is 36.1 Å². The number of methoxy groups -OCH3 is 3. The SMILES string of the molecule is COC(=O)NC(C(=O)N1CC(C)CC1c1nc2c(ccc3cc4c(cc32)OCc2cc(-c3cnc(C5CCC(C)N5C(=O)C(NC(=O)OC)C(C)OC)[nH]3)ccc2-4)[nH]1)C(C)C. The maximum absolute atomic E-state index is 13.9. The molecule has 0 saturated carbocycles. The number of alkyl carbamates (subject to hydrolysis) is 2. The van der Waals surface area contributed by atoms with E-state index < -0.39 is 30.4 Å². The van der Waals surface area contributed by atoms with Gasteiger partial charge in [-0.15, -0.1) is 0 Å². The molecule has 0 aliphatic carbocycles. The number of fused-ring (bicyclic) bond motifs is 6. The Morgan fingerprint density at radius 1 is 0.852 bits per heavy atom. The van der Waals surface area contributed by atoms with Crippen LogP contribution in [-0.4, -0.2) is 106 Å². The zero-order chi connectivity index (χ0) is 43.3. The predicted octanol–water partition coefficient (Wildman–Crippen LogP) is 6.77. The molecular weight excluding hydrogens is 781 g/mol. The number of aromatic nitrogens is 4. The van der Waals surface area contributed by atoms with Gasteiger partial charge in [0.2, 0.25) is 11.8 Å². The average molecular weight is 835 g/mol. The van der Waals surface area contributed by atoms with Crippen LogP contribution in [0.15, 0.2) is 48.7 Å². The molecule has 3 aliphatic rings. The molecular formula is C45H54N8O8. The van der Waals surface area contributed by atoms with Gasteiger partial charge >= 0.3 is 12.2 Å². The number of hydrogen-bond acceptors (Lipinski definition) is 10. The second-order valence-corrected chi connectivity index (χ2v) is 16.9. The largest absolute Gasteiger partial charge is 0.488 e. The van der Waals surface area contributed by atoms with E-state index in [2.05, 4.69) is 63.9 Å². The molecule has 0 radical (unpaired) electrons. The number of hydrogen-bond donors (Lipinski definition) is 4. The number of aromatic amines is 2. The third-order valence-corrected chi connectivity index (χ3v) is 12.6. The van der Waals surface area contributed by atoms with Gasteiger partial charge in [-0.2, -0.15) is 0 Å². The van der Waals surface area contributed by atoms with E-state index in [-0.39, 0.29) is 41.8 Å². The van der Waals surface area contributed by atoms with Crippen LogP contribution >= 0.6 is 0 Å². The maximum Gasteiger partial charge on any atom is 0.407 e. The molecule has 16 nitrogen and oxygen atoms in total. The number of nitrogens with one attached hydrogen (secondary N) is 4. The van der Waals surface area contributed by atoms with Crippen LogP contribution in [-0.2, 0) is 30.4 Å². The molecule has 16 heteroatoms. The van der Waals surface area contributed by atoms with E-state index >= 15 is 0 Å². The lowest BCUT2D eigenvalue weighted by atomic mass is 9.92. The molecule has 7 unspecified atom stereocenters. The summed E-state index contributed by atoms with van der Waals surface area (Å²) in [6.45, 7) is 10.6. The molecule has 2 saturated heterocycles. The van der Waals surface area contributed by atoms with E-state index in [0.29, 0.717) is 31.2 Å². The van der Waals surface area contributed by atoms with E-state index in [1.807, 2.05) is 31.7 Å². The van der Waals surface area contributed by atoms with Crippen molar-refractivity contribution >= 4 is 45.8 Å². The molecule has 4 N–H and O–H groups in total. The van der Waals surface area contributed by atoms with Crippen molar-refractivity contribution in [2.45, 2.75) is 96.8 Å². The van der Waals surface area contributed by atoms with Crippen molar-refractivity contribution in [3.8, 4) is 28.1 Å². The summed E-state index contributed by atoms with van der Waals surface area (Å²) in [6.07, 6.45) is 2.12. The summed E-state index contributed by atoms with van der Waals surface area (Å²) in [4.78, 5) is 72.6. The minimum Gasteiger partial charge on any atom is -0.488 e. The summed E-state index contributed by atoms with van der Waals surface area (Å²) in [5.74, 6) is 1.84. The van der Waals surface area contributed by atoms with Gasteiger partial charge < -0.3 is 49.3 Å². The first-order valence-corrected chi connectivity index (χ1v) is 20.9. The number of imidazole rings is 2. The van der Waals surface area contributed by atoms with Gasteiger partial charge in [0.15, 0.2) is 0 Å². The number of amides is 4. The monoisotopic (exact) mass is 834 g/mol. The Hall–Kier alpha value is -6.16. The zero-order valence-corrected chi connectivity index (χ0v) is 35.8. The fourth-order valence-corrected chi connectivity index (χ4v) is 9.20. The number of likely N-dealkylation sites (tertiary alicyclic amines) is 2. The minimum atomic E-state index is -0.927. The molecule has 61 heavy (non-hydrogen) atoms. The first kappa shape index (κ1) is 41.6. The van der Waals surface area contributed by atoms with Crippen LogP contribution in [0, 0.1) is 11.8 Å². The first-order valence-electron chi connectivity index (χ1n) is 20.9. The van der Waals surface area contributed by atoms with Gasteiger partial charge in [0.25, 0.3) is 0 Å². The van der Waals surface area contributed by atoms with Crippen molar-refractivity contribution in [2.75, 3.05) is 27.9 Å². The van der Waals surface area contributed by atoms with Gasteiger partial charge in [-0.05, 0) is 91.3 Å². The molecule has 0 spiro atoms. The van der Waals surface area contributed by atoms with Crippen molar-refractivity contribution in [1.82, 2.24) is 40.4 Å². The molecule has 2 aromatic heterocycles. The van der Waals surface area contributed by atoms with E-state index in [4.69, 9.17) is 28.9 Å². The Labute approximate surface area is 354 Å². The lowest BCUT2D eigenvalue weighted by molar-refractivity contribution is -0.139. The van der Waals surface area contributed by atoms with Crippen LogP contribution in [0.25, 0.3) is 44.2 Å². The molecule has 7 atom stereocenters. The Kier molecular flexibility index (Phi) is 11.4. The summed E-state index contributed by atoms with van der Waals surface area (Å²) in [5.41, 5.74) is 6.50. The van der Waals surface area contributed by atoms with Crippen molar-refractivity contribution < 1.29 is 38.1 Å². The van der Waals surface area contributed by atoms with Gasteiger partial charge in [0.05, 0.1) is 55.3 Å². The van der Waals surface area contributed by atoms with E-state index in [9.17, 15) is 19.2 Å². The number of ether oxygens (including phenoxy) is 4. The number of carbonyl (C=O) groups is 4. The molecule has 5 heterocycles. The zero-order valence-electron chi connectivity index (χ0n) is 35.8. The van der Waals surface area contributed by atoms with Gasteiger partial charge in [-0.1, -0.05) is 39.0 Å². The third-order valence-electron chi connectivity index (χ3n) is 12.6. The second kappa shape index (κ2) is 16.7. The summed E-state index contributed by atoms with van der Waals surface area (Å²) in [5, 5.41) is 7.33. The molecule has 2 fully saturated rings. The number of carbonyl (C=O) groups excluding carboxylic acids is 4. The van der Waals surface area contributed by atoms with Crippen molar-refractivity contribution in [3.05, 3.63) is 65.9 Å². The second-order valence-electron chi connectivity index (χ2n) is 16.9. The highest BCUT2D eigenvalue weighted by atomic mass is 16.5. The molecule has 5 aromatic rings. The number of benzene rings is 3. The van der Waals surface area contributed by atoms with E-state index in [0.717, 1.165) is 68.3 Å². The number of H-pyrrole nitrogens is 2. The minimum absolute atomic E-state index is 0.0710.